The fourth-order valence-corrected chi connectivity index (χ4v) is 2.65. The molecule has 3 N–H and O–H groups in total. The smallest absolute Gasteiger partial charge is 0.307 e. The number of H-pyrrole nitrogens is 1. The van der Waals surface area contributed by atoms with E-state index >= 15 is 0 Å². The van der Waals surface area contributed by atoms with E-state index in [0.717, 1.165) is 16.8 Å². The van der Waals surface area contributed by atoms with Gasteiger partial charge in [-0.2, -0.15) is 5.10 Å². The van der Waals surface area contributed by atoms with Crippen LogP contribution in [0.5, 0.6) is 0 Å². The van der Waals surface area contributed by atoms with Gasteiger partial charge in [0.1, 0.15) is 0 Å². The van der Waals surface area contributed by atoms with Crippen LogP contribution in [0.2, 0.25) is 0 Å². The molecule has 1 saturated carbocycles. The third-order valence-corrected chi connectivity index (χ3v) is 4.15. The average molecular weight is 313 g/mol. The van der Waals surface area contributed by atoms with Crippen molar-refractivity contribution >= 4 is 17.7 Å². The maximum absolute atomic E-state index is 12.0. The minimum absolute atomic E-state index is 0.0102. The molecule has 2 aromatic rings. The van der Waals surface area contributed by atoms with E-state index < -0.39 is 5.97 Å². The first kappa shape index (κ1) is 15.3. The number of nitrogens with one attached hydrogen (secondary N) is 2. The number of aromatic nitrogens is 2. The molecule has 1 aromatic heterocycles. The van der Waals surface area contributed by atoms with E-state index in [-0.39, 0.29) is 18.7 Å². The van der Waals surface area contributed by atoms with Gasteiger partial charge in [-0.15, -0.1) is 0 Å². The number of rotatable bonds is 6. The molecule has 0 bridgehead atoms. The quantitative estimate of drug-likeness (QED) is 0.763. The van der Waals surface area contributed by atoms with E-state index in [2.05, 4.69) is 15.5 Å². The average Bonchev–Trinajstić information content (AvgIpc) is 2.86. The van der Waals surface area contributed by atoms with Gasteiger partial charge in [-0.1, -0.05) is 30.7 Å². The fourth-order valence-electron chi connectivity index (χ4n) is 2.65. The molecule has 0 aliphatic heterocycles. The topological polar surface area (TPSA) is 95.1 Å². The summed E-state index contributed by atoms with van der Waals surface area (Å²) in [6.45, 7) is 0. The van der Waals surface area contributed by atoms with Crippen molar-refractivity contribution < 1.29 is 14.7 Å². The first-order valence-corrected chi connectivity index (χ1v) is 7.75. The highest BCUT2D eigenvalue weighted by atomic mass is 16.4. The Morgan fingerprint density at radius 3 is 2.39 bits per heavy atom. The van der Waals surface area contributed by atoms with Gasteiger partial charge >= 0.3 is 5.97 Å². The third-order valence-electron chi connectivity index (χ3n) is 4.15. The number of carbonyl (C=O) groups is 2. The van der Waals surface area contributed by atoms with Gasteiger partial charge in [0.2, 0.25) is 5.91 Å². The van der Waals surface area contributed by atoms with Crippen LogP contribution in [0.3, 0.4) is 0 Å². The van der Waals surface area contributed by atoms with Crippen LogP contribution in [-0.4, -0.2) is 27.2 Å². The van der Waals surface area contributed by atoms with Crippen molar-refractivity contribution in [3.8, 4) is 0 Å². The van der Waals surface area contributed by atoms with Crippen LogP contribution in [0.1, 0.15) is 42.0 Å². The second-order valence-electron chi connectivity index (χ2n) is 5.95. The number of aliphatic carboxylic acids is 1. The number of benzene rings is 1. The Hall–Kier alpha value is -2.63. The summed E-state index contributed by atoms with van der Waals surface area (Å²) in [5.41, 5.74) is 2.65. The van der Waals surface area contributed by atoms with Crippen molar-refractivity contribution in [3.63, 3.8) is 0 Å². The highest BCUT2D eigenvalue weighted by Crippen LogP contribution is 2.35. The van der Waals surface area contributed by atoms with Gasteiger partial charge in [-0.05, 0) is 24.0 Å². The molecule has 1 aliphatic rings. The SMILES string of the molecule is O=C(O)Cc1ccc(CC(=O)Nc2cc(C3CCC3)[nH]n2)cc1. The second-order valence-corrected chi connectivity index (χ2v) is 5.95. The predicted molar refractivity (Wildman–Crippen MR) is 85.3 cm³/mol. The summed E-state index contributed by atoms with van der Waals surface area (Å²) in [6.07, 6.45) is 3.84. The highest BCUT2D eigenvalue weighted by Gasteiger charge is 2.21. The number of carbonyl (C=O) groups excluding carboxylic acids is 1. The Balaban J connectivity index is 1.54. The largest absolute Gasteiger partial charge is 0.481 e. The molecular weight excluding hydrogens is 294 g/mol. The molecule has 0 unspecified atom stereocenters. The van der Waals surface area contributed by atoms with Gasteiger partial charge in [-0.3, -0.25) is 14.7 Å². The predicted octanol–water partition coefficient (Wildman–Crippen LogP) is 2.49. The lowest BCUT2D eigenvalue weighted by atomic mass is 9.83. The zero-order valence-corrected chi connectivity index (χ0v) is 12.7. The normalized spacial score (nSPS) is 14.3. The van der Waals surface area contributed by atoms with Crippen LogP contribution in [0.15, 0.2) is 30.3 Å². The van der Waals surface area contributed by atoms with E-state index in [1.807, 2.05) is 6.07 Å². The van der Waals surface area contributed by atoms with Gasteiger partial charge in [-0.25, -0.2) is 0 Å². The number of carboxylic acids is 1. The van der Waals surface area contributed by atoms with Crippen LogP contribution in [0, 0.1) is 0 Å². The molecule has 1 aromatic carbocycles. The second kappa shape index (κ2) is 6.64. The Kier molecular flexibility index (Phi) is 4.41. The van der Waals surface area contributed by atoms with Crippen LogP contribution in [0.4, 0.5) is 5.82 Å². The number of hydrogen-bond donors (Lipinski definition) is 3. The molecule has 6 heteroatoms. The van der Waals surface area contributed by atoms with Crippen molar-refractivity contribution in [2.45, 2.75) is 38.0 Å². The van der Waals surface area contributed by atoms with E-state index in [9.17, 15) is 9.59 Å². The van der Waals surface area contributed by atoms with Crippen molar-refractivity contribution in [2.75, 3.05) is 5.32 Å². The number of hydrogen-bond acceptors (Lipinski definition) is 3. The number of aromatic amines is 1. The van der Waals surface area contributed by atoms with Crippen molar-refractivity contribution in [2.24, 2.45) is 0 Å². The Bertz CT molecular complexity index is 702. The van der Waals surface area contributed by atoms with E-state index in [4.69, 9.17) is 5.11 Å². The van der Waals surface area contributed by atoms with Crippen molar-refractivity contribution in [1.82, 2.24) is 10.2 Å². The first-order valence-electron chi connectivity index (χ1n) is 7.75. The van der Waals surface area contributed by atoms with E-state index in [0.29, 0.717) is 11.7 Å². The summed E-state index contributed by atoms with van der Waals surface area (Å²) in [5.74, 6) is 0.105. The van der Waals surface area contributed by atoms with E-state index in [1.165, 1.54) is 19.3 Å². The summed E-state index contributed by atoms with van der Waals surface area (Å²) in [4.78, 5) is 22.7. The molecule has 120 valence electrons. The van der Waals surface area contributed by atoms with Gasteiger partial charge in [0.05, 0.1) is 12.8 Å². The van der Waals surface area contributed by atoms with E-state index in [1.54, 1.807) is 24.3 Å². The summed E-state index contributed by atoms with van der Waals surface area (Å²) < 4.78 is 0. The maximum atomic E-state index is 12.0. The molecule has 6 nitrogen and oxygen atoms in total. The lowest BCUT2D eigenvalue weighted by Gasteiger charge is -2.23. The maximum Gasteiger partial charge on any atom is 0.307 e. The number of carboxylic acid groups (broad SMARTS) is 1. The Morgan fingerprint density at radius 2 is 1.83 bits per heavy atom. The monoisotopic (exact) mass is 313 g/mol. The molecule has 0 radical (unpaired) electrons. The molecule has 23 heavy (non-hydrogen) atoms. The number of nitrogens with zero attached hydrogens (tertiary/aromatic N) is 1. The molecule has 0 atom stereocenters. The van der Waals surface area contributed by atoms with Crippen LogP contribution < -0.4 is 5.32 Å². The van der Waals surface area contributed by atoms with Gasteiger partial charge in [0, 0.05) is 17.7 Å². The molecule has 0 saturated heterocycles. The molecule has 0 spiro atoms. The first-order chi connectivity index (χ1) is 11.1. The molecular formula is C17H19N3O3. The summed E-state index contributed by atoms with van der Waals surface area (Å²) in [7, 11) is 0. The number of anilines is 1. The highest BCUT2D eigenvalue weighted by molar-refractivity contribution is 5.91. The molecule has 1 aliphatic carbocycles. The lowest BCUT2D eigenvalue weighted by Crippen LogP contribution is -2.14. The van der Waals surface area contributed by atoms with Crippen LogP contribution >= 0.6 is 0 Å². The molecule has 1 amide bonds. The minimum atomic E-state index is -0.865. The minimum Gasteiger partial charge on any atom is -0.481 e. The Morgan fingerprint density at radius 1 is 1.17 bits per heavy atom. The van der Waals surface area contributed by atoms with Gasteiger partial charge in [0.25, 0.3) is 0 Å². The molecule has 1 heterocycles. The van der Waals surface area contributed by atoms with Gasteiger partial charge < -0.3 is 10.4 Å². The van der Waals surface area contributed by atoms with Gasteiger partial charge in [0.15, 0.2) is 5.82 Å². The third kappa shape index (κ3) is 3.97. The molecule has 1 fully saturated rings. The van der Waals surface area contributed by atoms with Crippen LogP contribution in [-0.2, 0) is 22.4 Å². The lowest BCUT2D eigenvalue weighted by molar-refractivity contribution is -0.136. The van der Waals surface area contributed by atoms with Crippen molar-refractivity contribution in [1.29, 1.82) is 0 Å². The fraction of sp³-hybridized carbons (Fsp3) is 0.353. The zero-order chi connectivity index (χ0) is 16.2. The summed E-state index contributed by atoms with van der Waals surface area (Å²) in [5, 5.41) is 18.6. The zero-order valence-electron chi connectivity index (χ0n) is 12.7. The van der Waals surface area contributed by atoms with Crippen molar-refractivity contribution in [3.05, 3.63) is 47.2 Å². The summed E-state index contributed by atoms with van der Waals surface area (Å²) >= 11 is 0. The summed E-state index contributed by atoms with van der Waals surface area (Å²) in [6, 6.07) is 8.93. The Labute approximate surface area is 133 Å². The molecule has 3 rings (SSSR count). The van der Waals surface area contributed by atoms with Crippen LogP contribution in [0.25, 0.3) is 0 Å². The number of amides is 1. The standard InChI is InChI=1S/C17H19N3O3/c21-16(8-11-4-6-12(7-5-11)9-17(22)23)18-15-10-14(19-20-15)13-2-1-3-13/h4-7,10,13H,1-3,8-9H2,(H,22,23)(H2,18,19,20,21).